The Bertz CT molecular complexity index is 271. The topological polar surface area (TPSA) is 62.2 Å². The molecule has 6 heteroatoms. The molecule has 0 saturated carbocycles. The first-order valence-electron chi connectivity index (χ1n) is 6.55. The monoisotopic (exact) mass is 258 g/mol. The standard InChI is InChI=1S/C12H22N2O4/c1-10(15)8-13-2-4-14(5-3-13)12(16)11-9-17-6-7-18-11/h10-11,15H,2-9H2,1H3. The molecule has 1 N–H and O–H groups in total. The van der Waals surface area contributed by atoms with Crippen LogP contribution in [0, 0.1) is 0 Å². The minimum atomic E-state index is -0.429. The summed E-state index contributed by atoms with van der Waals surface area (Å²) in [6.07, 6.45) is -0.746. The summed E-state index contributed by atoms with van der Waals surface area (Å²) >= 11 is 0. The Morgan fingerprint density at radius 3 is 2.61 bits per heavy atom. The number of nitrogens with zero attached hydrogens (tertiary/aromatic N) is 2. The van der Waals surface area contributed by atoms with Crippen LogP contribution in [0.2, 0.25) is 0 Å². The molecule has 2 atom stereocenters. The van der Waals surface area contributed by atoms with E-state index in [-0.39, 0.29) is 12.0 Å². The van der Waals surface area contributed by atoms with Crippen LogP contribution in [0.25, 0.3) is 0 Å². The molecular weight excluding hydrogens is 236 g/mol. The number of rotatable bonds is 3. The summed E-state index contributed by atoms with van der Waals surface area (Å²) < 4.78 is 10.7. The zero-order valence-electron chi connectivity index (χ0n) is 10.9. The van der Waals surface area contributed by atoms with E-state index in [2.05, 4.69) is 4.90 Å². The Morgan fingerprint density at radius 2 is 2.06 bits per heavy atom. The molecule has 0 radical (unpaired) electrons. The third-order valence-electron chi connectivity index (χ3n) is 3.30. The maximum absolute atomic E-state index is 12.1. The molecule has 2 rings (SSSR count). The molecule has 0 spiro atoms. The first-order chi connectivity index (χ1) is 8.66. The van der Waals surface area contributed by atoms with E-state index in [0.29, 0.717) is 39.5 Å². The lowest BCUT2D eigenvalue weighted by atomic mass is 10.2. The molecule has 2 aliphatic heterocycles. The van der Waals surface area contributed by atoms with Crippen LogP contribution in [0.4, 0.5) is 0 Å². The highest BCUT2D eigenvalue weighted by atomic mass is 16.6. The molecular formula is C12H22N2O4. The fourth-order valence-electron chi connectivity index (χ4n) is 2.36. The number of piperazine rings is 1. The number of hydrogen-bond donors (Lipinski definition) is 1. The van der Waals surface area contributed by atoms with E-state index in [1.165, 1.54) is 0 Å². The van der Waals surface area contributed by atoms with Gasteiger partial charge in [0.05, 0.1) is 25.9 Å². The fraction of sp³-hybridized carbons (Fsp3) is 0.917. The molecule has 18 heavy (non-hydrogen) atoms. The van der Waals surface area contributed by atoms with Crippen molar-refractivity contribution < 1.29 is 19.4 Å². The van der Waals surface area contributed by atoms with Crippen LogP contribution in [0.15, 0.2) is 0 Å². The number of aliphatic hydroxyl groups is 1. The molecule has 2 saturated heterocycles. The van der Waals surface area contributed by atoms with Crippen molar-refractivity contribution in [1.82, 2.24) is 9.80 Å². The molecule has 6 nitrogen and oxygen atoms in total. The van der Waals surface area contributed by atoms with E-state index in [1.807, 2.05) is 4.90 Å². The Labute approximate surface area is 107 Å². The van der Waals surface area contributed by atoms with Gasteiger partial charge in [0.25, 0.3) is 5.91 Å². The minimum absolute atomic E-state index is 0.0337. The van der Waals surface area contributed by atoms with Crippen LogP contribution < -0.4 is 0 Å². The zero-order chi connectivity index (χ0) is 13.0. The summed E-state index contributed by atoms with van der Waals surface area (Å²) in [5.74, 6) is 0.0337. The average Bonchev–Trinajstić information content (AvgIpc) is 2.39. The van der Waals surface area contributed by atoms with E-state index in [1.54, 1.807) is 6.92 Å². The van der Waals surface area contributed by atoms with E-state index >= 15 is 0 Å². The molecule has 0 aromatic rings. The van der Waals surface area contributed by atoms with Gasteiger partial charge in [0, 0.05) is 32.7 Å². The van der Waals surface area contributed by atoms with Gasteiger partial charge >= 0.3 is 0 Å². The van der Waals surface area contributed by atoms with Gasteiger partial charge in [-0.25, -0.2) is 0 Å². The largest absolute Gasteiger partial charge is 0.392 e. The Morgan fingerprint density at radius 1 is 1.33 bits per heavy atom. The van der Waals surface area contributed by atoms with E-state index < -0.39 is 6.10 Å². The van der Waals surface area contributed by atoms with Gasteiger partial charge < -0.3 is 19.5 Å². The summed E-state index contributed by atoms with van der Waals surface area (Å²) in [5.41, 5.74) is 0. The van der Waals surface area contributed by atoms with Crippen LogP contribution in [-0.4, -0.2) is 85.6 Å². The van der Waals surface area contributed by atoms with E-state index in [0.717, 1.165) is 13.1 Å². The second-order valence-corrected chi connectivity index (χ2v) is 4.91. The van der Waals surface area contributed by atoms with Crippen molar-refractivity contribution in [2.75, 3.05) is 52.5 Å². The number of hydrogen-bond acceptors (Lipinski definition) is 5. The lowest BCUT2D eigenvalue weighted by Crippen LogP contribution is -2.54. The number of aliphatic hydroxyl groups excluding tert-OH is 1. The highest BCUT2D eigenvalue weighted by Crippen LogP contribution is 2.09. The summed E-state index contributed by atoms with van der Waals surface area (Å²) in [5, 5.41) is 9.32. The second kappa shape index (κ2) is 6.47. The number of ether oxygens (including phenoxy) is 2. The van der Waals surface area contributed by atoms with Crippen molar-refractivity contribution in [3.05, 3.63) is 0 Å². The van der Waals surface area contributed by atoms with Gasteiger partial charge in [-0.1, -0.05) is 0 Å². The van der Waals surface area contributed by atoms with Gasteiger partial charge in [-0.15, -0.1) is 0 Å². The fourth-order valence-corrected chi connectivity index (χ4v) is 2.36. The van der Waals surface area contributed by atoms with Crippen molar-refractivity contribution in [2.24, 2.45) is 0 Å². The van der Waals surface area contributed by atoms with Crippen molar-refractivity contribution in [2.45, 2.75) is 19.1 Å². The maximum Gasteiger partial charge on any atom is 0.254 e. The quantitative estimate of drug-likeness (QED) is 0.698. The zero-order valence-corrected chi connectivity index (χ0v) is 10.9. The molecule has 1 amide bonds. The highest BCUT2D eigenvalue weighted by molar-refractivity contribution is 5.81. The van der Waals surface area contributed by atoms with Gasteiger partial charge in [-0.3, -0.25) is 9.69 Å². The third kappa shape index (κ3) is 3.65. The summed E-state index contributed by atoms with van der Waals surface area (Å²) in [6.45, 7) is 6.91. The van der Waals surface area contributed by atoms with Crippen LogP contribution in [0.5, 0.6) is 0 Å². The lowest BCUT2D eigenvalue weighted by molar-refractivity contribution is -0.159. The lowest BCUT2D eigenvalue weighted by Gasteiger charge is -2.37. The van der Waals surface area contributed by atoms with Crippen molar-refractivity contribution in [3.8, 4) is 0 Å². The Balaban J connectivity index is 1.76. The molecule has 104 valence electrons. The van der Waals surface area contributed by atoms with Gasteiger partial charge in [0.15, 0.2) is 6.10 Å². The van der Waals surface area contributed by atoms with Crippen LogP contribution in [0.1, 0.15) is 6.92 Å². The summed E-state index contributed by atoms with van der Waals surface area (Å²) in [7, 11) is 0. The van der Waals surface area contributed by atoms with Crippen LogP contribution in [0.3, 0.4) is 0 Å². The first-order valence-corrected chi connectivity index (χ1v) is 6.55. The molecule has 2 aliphatic rings. The van der Waals surface area contributed by atoms with Gasteiger partial charge in [-0.05, 0) is 6.92 Å². The van der Waals surface area contributed by atoms with Gasteiger partial charge in [-0.2, -0.15) is 0 Å². The van der Waals surface area contributed by atoms with Crippen molar-refractivity contribution in [1.29, 1.82) is 0 Å². The Kier molecular flexibility index (Phi) is 4.94. The Hall–Kier alpha value is -0.690. The van der Waals surface area contributed by atoms with Crippen molar-refractivity contribution >= 4 is 5.91 Å². The summed E-state index contributed by atoms with van der Waals surface area (Å²) in [4.78, 5) is 16.1. The molecule has 0 aliphatic carbocycles. The van der Waals surface area contributed by atoms with Crippen LogP contribution in [-0.2, 0) is 14.3 Å². The molecule has 2 fully saturated rings. The predicted octanol–water partition coefficient (Wildman–Crippen LogP) is -1.07. The normalized spacial score (nSPS) is 28.1. The van der Waals surface area contributed by atoms with Gasteiger partial charge in [0.1, 0.15) is 0 Å². The van der Waals surface area contributed by atoms with E-state index in [9.17, 15) is 9.90 Å². The third-order valence-corrected chi connectivity index (χ3v) is 3.30. The molecule has 0 bridgehead atoms. The summed E-state index contributed by atoms with van der Waals surface area (Å²) in [6, 6.07) is 0. The SMILES string of the molecule is CC(O)CN1CCN(C(=O)C2COCCO2)CC1. The smallest absolute Gasteiger partial charge is 0.254 e. The highest BCUT2D eigenvalue weighted by Gasteiger charge is 2.29. The second-order valence-electron chi connectivity index (χ2n) is 4.91. The number of β-amino-alcohol motifs (C(OH)–C–C–N with tert-alkyl or cyclic N) is 1. The number of amides is 1. The maximum atomic E-state index is 12.1. The average molecular weight is 258 g/mol. The van der Waals surface area contributed by atoms with Gasteiger partial charge in [0.2, 0.25) is 0 Å². The first kappa shape index (κ1) is 13.7. The molecule has 0 aromatic carbocycles. The minimum Gasteiger partial charge on any atom is -0.392 e. The van der Waals surface area contributed by atoms with Crippen molar-refractivity contribution in [3.63, 3.8) is 0 Å². The number of carbonyl (C=O) groups is 1. The molecule has 2 heterocycles. The number of carbonyl (C=O) groups excluding carboxylic acids is 1. The predicted molar refractivity (Wildman–Crippen MR) is 65.3 cm³/mol. The van der Waals surface area contributed by atoms with E-state index in [4.69, 9.17) is 9.47 Å². The van der Waals surface area contributed by atoms with Crippen LogP contribution >= 0.6 is 0 Å². The molecule has 2 unspecified atom stereocenters. The molecule has 0 aromatic heterocycles.